The van der Waals surface area contributed by atoms with E-state index < -0.39 is 11.5 Å². The molecule has 0 aliphatic carbocycles. The lowest BCUT2D eigenvalue weighted by atomic mass is 9.83. The van der Waals surface area contributed by atoms with Crippen LogP contribution in [-0.2, 0) is 10.4 Å². The Morgan fingerprint density at radius 2 is 2.26 bits per heavy atom. The molecule has 1 heterocycles. The molecule has 102 valence electrons. The maximum atomic E-state index is 12.1. The van der Waals surface area contributed by atoms with Crippen molar-refractivity contribution in [2.24, 2.45) is 5.92 Å². The largest absolute Gasteiger partial charge is 0.396 e. The number of aliphatic hydroxyl groups excluding tert-OH is 1. The first-order chi connectivity index (χ1) is 9.00. The summed E-state index contributed by atoms with van der Waals surface area (Å²) in [5.41, 5.74) is -0.350. The fourth-order valence-electron chi connectivity index (χ4n) is 2.25. The Balaban J connectivity index is 2.38. The van der Waals surface area contributed by atoms with E-state index in [1.165, 1.54) is 0 Å². The molecule has 0 spiro atoms. The highest BCUT2D eigenvalue weighted by Crippen LogP contribution is 2.42. The molecule has 1 aromatic rings. The van der Waals surface area contributed by atoms with E-state index in [9.17, 15) is 9.90 Å². The number of amides is 1. The van der Waals surface area contributed by atoms with E-state index >= 15 is 0 Å². The van der Waals surface area contributed by atoms with Crippen molar-refractivity contribution >= 4 is 27.5 Å². The molecule has 4 nitrogen and oxygen atoms in total. The van der Waals surface area contributed by atoms with Crippen molar-refractivity contribution in [3.8, 4) is 0 Å². The first-order valence-corrected chi connectivity index (χ1v) is 6.90. The summed E-state index contributed by atoms with van der Waals surface area (Å²) in [5, 5.41) is 22.2. The molecule has 1 aromatic carbocycles. The number of aliphatic hydroxyl groups is 2. The highest BCUT2D eigenvalue weighted by Gasteiger charge is 2.48. The highest BCUT2D eigenvalue weighted by molar-refractivity contribution is 9.10. The third kappa shape index (κ3) is 2.45. The molecule has 0 aromatic heterocycles. The first kappa shape index (κ1) is 14.2. The van der Waals surface area contributed by atoms with E-state index in [1.807, 2.05) is 6.07 Å². The molecule has 19 heavy (non-hydrogen) atoms. The van der Waals surface area contributed by atoms with Gasteiger partial charge in [0.2, 0.25) is 0 Å². The number of benzene rings is 1. The van der Waals surface area contributed by atoms with Gasteiger partial charge >= 0.3 is 0 Å². The zero-order valence-corrected chi connectivity index (χ0v) is 12.1. The van der Waals surface area contributed by atoms with Crippen LogP contribution in [0.25, 0.3) is 0 Å². The number of nitrogens with one attached hydrogen (secondary N) is 1. The van der Waals surface area contributed by atoms with E-state index in [1.54, 1.807) is 31.2 Å². The summed E-state index contributed by atoms with van der Waals surface area (Å²) in [7, 11) is 0. The maximum absolute atomic E-state index is 12.1. The predicted octanol–water partition coefficient (Wildman–Crippen LogP) is 2.16. The van der Waals surface area contributed by atoms with Gasteiger partial charge in [0.05, 0.1) is 0 Å². The molecule has 5 heteroatoms. The molecule has 0 saturated heterocycles. The zero-order valence-electron chi connectivity index (χ0n) is 10.6. The van der Waals surface area contributed by atoms with Crippen LogP contribution in [-0.4, -0.2) is 22.7 Å². The lowest BCUT2D eigenvalue weighted by Crippen LogP contribution is -2.39. The molecule has 0 saturated carbocycles. The molecule has 1 aliphatic heterocycles. The van der Waals surface area contributed by atoms with Gasteiger partial charge in [-0.15, -0.1) is 0 Å². The highest BCUT2D eigenvalue weighted by atomic mass is 79.9. The second-order valence-corrected chi connectivity index (χ2v) is 5.56. The Hall–Kier alpha value is -1.17. The lowest BCUT2D eigenvalue weighted by Gasteiger charge is -2.26. The van der Waals surface area contributed by atoms with Gasteiger partial charge in [0, 0.05) is 28.2 Å². The molecule has 3 N–H and O–H groups in total. The van der Waals surface area contributed by atoms with Crippen LogP contribution in [0.15, 0.2) is 34.8 Å². The van der Waals surface area contributed by atoms with Gasteiger partial charge in [-0.3, -0.25) is 4.79 Å². The van der Waals surface area contributed by atoms with Crippen LogP contribution in [0.5, 0.6) is 0 Å². The van der Waals surface area contributed by atoms with Gasteiger partial charge in [-0.2, -0.15) is 0 Å². The Morgan fingerprint density at radius 3 is 2.95 bits per heavy atom. The average molecular weight is 326 g/mol. The standard InChI is InChI=1S/C14H16BrNO3/c1-9(4-2-3-7-17)14(19)11-8-10(15)5-6-12(11)16-13(14)18/h2,4-6,8-9,17,19H,3,7H2,1H3,(H,16,18)/b4-2+/t9-,14+/m1/s1. The quantitative estimate of drug-likeness (QED) is 0.743. The minimum atomic E-state index is -1.56. The third-order valence-corrected chi connectivity index (χ3v) is 3.86. The Morgan fingerprint density at radius 1 is 1.53 bits per heavy atom. The van der Waals surface area contributed by atoms with Crippen molar-refractivity contribution in [3.05, 3.63) is 40.4 Å². The van der Waals surface area contributed by atoms with Crippen molar-refractivity contribution in [2.75, 3.05) is 11.9 Å². The molecule has 0 bridgehead atoms. The van der Waals surface area contributed by atoms with E-state index in [4.69, 9.17) is 5.11 Å². The molecule has 0 unspecified atom stereocenters. The molecule has 0 radical (unpaired) electrons. The molecule has 2 atom stereocenters. The summed E-state index contributed by atoms with van der Waals surface area (Å²) in [4.78, 5) is 12.1. The topological polar surface area (TPSA) is 69.6 Å². The number of hydrogen-bond acceptors (Lipinski definition) is 3. The number of fused-ring (bicyclic) bond motifs is 1. The van der Waals surface area contributed by atoms with Crippen LogP contribution in [0, 0.1) is 5.92 Å². The number of anilines is 1. The van der Waals surface area contributed by atoms with Crippen molar-refractivity contribution < 1.29 is 15.0 Å². The molecule has 1 amide bonds. The normalized spacial score (nSPS) is 23.5. The Kier molecular flexibility index (Phi) is 4.08. The summed E-state index contributed by atoms with van der Waals surface area (Å²) in [6, 6.07) is 5.33. The zero-order chi connectivity index (χ0) is 14.0. The van der Waals surface area contributed by atoms with Gasteiger partial charge in [0.25, 0.3) is 5.91 Å². The second kappa shape index (κ2) is 5.45. The smallest absolute Gasteiger partial charge is 0.261 e. The van der Waals surface area contributed by atoms with Crippen molar-refractivity contribution in [1.29, 1.82) is 0 Å². The monoisotopic (exact) mass is 325 g/mol. The van der Waals surface area contributed by atoms with Gasteiger partial charge in [-0.25, -0.2) is 0 Å². The van der Waals surface area contributed by atoms with E-state index in [0.717, 1.165) is 4.47 Å². The lowest BCUT2D eigenvalue weighted by molar-refractivity contribution is -0.137. The van der Waals surface area contributed by atoms with E-state index in [2.05, 4.69) is 21.2 Å². The minimum absolute atomic E-state index is 0.0516. The van der Waals surface area contributed by atoms with Gasteiger partial charge in [0.15, 0.2) is 5.60 Å². The first-order valence-electron chi connectivity index (χ1n) is 6.11. The van der Waals surface area contributed by atoms with Crippen molar-refractivity contribution in [1.82, 2.24) is 0 Å². The Labute approximate surface area is 120 Å². The summed E-state index contributed by atoms with van der Waals surface area (Å²) in [6.07, 6.45) is 4.03. The minimum Gasteiger partial charge on any atom is -0.396 e. The molecular weight excluding hydrogens is 310 g/mol. The van der Waals surface area contributed by atoms with Gasteiger partial charge in [0.1, 0.15) is 0 Å². The number of halogens is 1. The third-order valence-electron chi connectivity index (χ3n) is 3.37. The van der Waals surface area contributed by atoms with E-state index in [0.29, 0.717) is 17.7 Å². The summed E-state index contributed by atoms with van der Waals surface area (Å²) in [6.45, 7) is 1.83. The molecule has 0 fully saturated rings. The average Bonchev–Trinajstić information content (AvgIpc) is 2.63. The molecule has 1 aliphatic rings. The predicted molar refractivity (Wildman–Crippen MR) is 76.7 cm³/mol. The summed E-state index contributed by atoms with van der Waals surface area (Å²) in [5.74, 6) is -0.795. The number of carbonyl (C=O) groups excluding carboxylic acids is 1. The number of rotatable bonds is 4. The summed E-state index contributed by atoms with van der Waals surface area (Å²) >= 11 is 3.35. The van der Waals surface area contributed by atoms with Gasteiger partial charge in [-0.05, 0) is 24.6 Å². The summed E-state index contributed by atoms with van der Waals surface area (Å²) < 4.78 is 0.813. The fraction of sp³-hybridized carbons (Fsp3) is 0.357. The fourth-order valence-corrected chi connectivity index (χ4v) is 2.61. The van der Waals surface area contributed by atoms with Crippen LogP contribution in [0.1, 0.15) is 18.9 Å². The molecular formula is C14H16BrNO3. The van der Waals surface area contributed by atoms with Crippen LogP contribution in [0.2, 0.25) is 0 Å². The molecule has 2 rings (SSSR count). The second-order valence-electron chi connectivity index (χ2n) is 4.64. The maximum Gasteiger partial charge on any atom is 0.261 e. The van der Waals surface area contributed by atoms with Gasteiger partial charge < -0.3 is 15.5 Å². The number of carbonyl (C=O) groups is 1. The van der Waals surface area contributed by atoms with Crippen molar-refractivity contribution in [3.63, 3.8) is 0 Å². The van der Waals surface area contributed by atoms with Crippen LogP contribution >= 0.6 is 15.9 Å². The van der Waals surface area contributed by atoms with Gasteiger partial charge in [-0.1, -0.05) is 35.0 Å². The number of hydrogen-bond donors (Lipinski definition) is 3. The van der Waals surface area contributed by atoms with Crippen LogP contribution in [0.3, 0.4) is 0 Å². The SMILES string of the molecule is C[C@H](/C=C/CCO)[C@@]1(O)C(=O)Nc2ccc(Br)cc21. The van der Waals surface area contributed by atoms with Crippen LogP contribution < -0.4 is 5.32 Å². The van der Waals surface area contributed by atoms with Crippen molar-refractivity contribution in [2.45, 2.75) is 18.9 Å². The Bertz CT molecular complexity index is 529. The van der Waals surface area contributed by atoms with Crippen LogP contribution in [0.4, 0.5) is 5.69 Å². The van der Waals surface area contributed by atoms with E-state index in [-0.39, 0.29) is 12.5 Å².